The van der Waals surface area contributed by atoms with Gasteiger partial charge in [-0.2, -0.15) is 0 Å². The second kappa shape index (κ2) is 7.60. The van der Waals surface area contributed by atoms with Crippen molar-refractivity contribution in [3.63, 3.8) is 0 Å². The summed E-state index contributed by atoms with van der Waals surface area (Å²) in [5.41, 5.74) is 0. The Kier molecular flexibility index (Phi) is 6.12. The fourth-order valence-electron chi connectivity index (χ4n) is 1.37. The Bertz CT molecular complexity index is 597. The van der Waals surface area contributed by atoms with Crippen molar-refractivity contribution in [2.24, 2.45) is 0 Å². The van der Waals surface area contributed by atoms with E-state index < -0.39 is 22.6 Å². The first-order valence-corrected chi connectivity index (χ1v) is 7.48. The van der Waals surface area contributed by atoms with Crippen LogP contribution in [0.3, 0.4) is 0 Å². The highest BCUT2D eigenvalue weighted by atomic mass is 32.2. The van der Waals surface area contributed by atoms with Crippen molar-refractivity contribution < 1.29 is 27.9 Å². The van der Waals surface area contributed by atoms with Gasteiger partial charge in [0.25, 0.3) is 0 Å². The number of carbonyl (C=O) groups is 2. The van der Waals surface area contributed by atoms with Crippen molar-refractivity contribution in [2.45, 2.75) is 11.3 Å². The van der Waals surface area contributed by atoms with Gasteiger partial charge in [0, 0.05) is 20.0 Å². The number of hydrogen-bond acceptors (Lipinski definition) is 5. The molecular formula is C12H16N2O6S. The number of nitrogens with one attached hydrogen (secondary N) is 2. The van der Waals surface area contributed by atoms with E-state index in [9.17, 15) is 18.0 Å². The number of sulfonamides is 1. The maximum absolute atomic E-state index is 11.9. The van der Waals surface area contributed by atoms with Crippen LogP contribution in [0.4, 0.5) is 0 Å². The van der Waals surface area contributed by atoms with Crippen LogP contribution in [0.5, 0.6) is 5.75 Å². The fraction of sp³-hybridized carbons (Fsp3) is 0.333. The lowest BCUT2D eigenvalue weighted by Crippen LogP contribution is -2.29. The summed E-state index contributed by atoms with van der Waals surface area (Å²) in [6.07, 6.45) is 0.0372. The molecule has 1 rings (SSSR count). The molecule has 0 radical (unpaired) electrons. The molecular weight excluding hydrogens is 300 g/mol. The van der Waals surface area contributed by atoms with Crippen LogP contribution in [0.2, 0.25) is 0 Å². The van der Waals surface area contributed by atoms with Gasteiger partial charge in [-0.25, -0.2) is 17.9 Å². The van der Waals surface area contributed by atoms with Gasteiger partial charge in [0.2, 0.25) is 15.9 Å². The average Bonchev–Trinajstić information content (AvgIpc) is 2.45. The van der Waals surface area contributed by atoms with Crippen molar-refractivity contribution >= 4 is 21.9 Å². The molecule has 9 heteroatoms. The van der Waals surface area contributed by atoms with Crippen LogP contribution in [-0.4, -0.2) is 45.6 Å². The van der Waals surface area contributed by atoms with Crippen molar-refractivity contribution in [3.05, 3.63) is 24.3 Å². The van der Waals surface area contributed by atoms with E-state index in [-0.39, 0.29) is 29.5 Å². The Morgan fingerprint density at radius 2 is 1.86 bits per heavy atom. The van der Waals surface area contributed by atoms with E-state index in [1.54, 1.807) is 0 Å². The van der Waals surface area contributed by atoms with Gasteiger partial charge in [0.1, 0.15) is 5.75 Å². The van der Waals surface area contributed by atoms with E-state index in [0.717, 1.165) is 0 Å². The zero-order valence-electron chi connectivity index (χ0n) is 11.3. The maximum atomic E-state index is 11.9. The van der Waals surface area contributed by atoms with Gasteiger partial charge in [-0.15, -0.1) is 0 Å². The summed E-state index contributed by atoms with van der Waals surface area (Å²) in [7, 11) is -2.25. The zero-order valence-corrected chi connectivity index (χ0v) is 12.1. The Labute approximate surface area is 122 Å². The number of aliphatic carboxylic acids is 1. The largest absolute Gasteiger partial charge is 0.482 e. The first kappa shape index (κ1) is 16.9. The Morgan fingerprint density at radius 3 is 2.38 bits per heavy atom. The van der Waals surface area contributed by atoms with Gasteiger partial charge >= 0.3 is 5.97 Å². The molecule has 0 saturated heterocycles. The number of ether oxygens (including phenoxy) is 1. The van der Waals surface area contributed by atoms with Crippen LogP contribution in [0.25, 0.3) is 0 Å². The third-order valence-electron chi connectivity index (χ3n) is 2.42. The highest BCUT2D eigenvalue weighted by Crippen LogP contribution is 2.15. The molecule has 0 heterocycles. The lowest BCUT2D eigenvalue weighted by molar-refractivity contribution is -0.139. The number of hydrogen-bond donors (Lipinski definition) is 3. The topological polar surface area (TPSA) is 122 Å². The molecule has 21 heavy (non-hydrogen) atoms. The summed E-state index contributed by atoms with van der Waals surface area (Å²) in [6, 6.07) is 5.30. The Morgan fingerprint density at radius 1 is 1.24 bits per heavy atom. The minimum absolute atomic E-state index is 0.00193. The molecule has 0 aromatic heterocycles. The quantitative estimate of drug-likeness (QED) is 0.598. The fourth-order valence-corrected chi connectivity index (χ4v) is 2.40. The second-order valence-electron chi connectivity index (χ2n) is 3.97. The lowest BCUT2D eigenvalue weighted by atomic mass is 10.3. The molecule has 0 unspecified atom stereocenters. The van der Waals surface area contributed by atoms with E-state index in [2.05, 4.69) is 10.0 Å². The number of amides is 1. The first-order valence-electron chi connectivity index (χ1n) is 6.00. The number of carbonyl (C=O) groups excluding carboxylic acids is 1. The smallest absolute Gasteiger partial charge is 0.341 e. The minimum atomic E-state index is -3.71. The van der Waals surface area contributed by atoms with E-state index in [4.69, 9.17) is 9.84 Å². The van der Waals surface area contributed by atoms with Gasteiger partial charge in [-0.1, -0.05) is 0 Å². The van der Waals surface area contributed by atoms with Crippen molar-refractivity contribution in [1.82, 2.24) is 10.0 Å². The molecule has 116 valence electrons. The SMILES string of the molecule is CNC(=O)CCNS(=O)(=O)c1ccc(OCC(=O)O)cc1. The summed E-state index contributed by atoms with van der Waals surface area (Å²) in [5, 5.41) is 10.8. The normalized spacial score (nSPS) is 10.9. The molecule has 0 fully saturated rings. The molecule has 3 N–H and O–H groups in total. The van der Waals surface area contributed by atoms with Crippen molar-refractivity contribution in [1.29, 1.82) is 0 Å². The molecule has 1 amide bonds. The Hall–Kier alpha value is -2.13. The molecule has 0 bridgehead atoms. The predicted molar refractivity (Wildman–Crippen MR) is 73.4 cm³/mol. The number of carboxylic acid groups (broad SMARTS) is 1. The molecule has 0 atom stereocenters. The molecule has 0 aliphatic carbocycles. The molecule has 0 spiro atoms. The van der Waals surface area contributed by atoms with Gasteiger partial charge < -0.3 is 15.2 Å². The van der Waals surface area contributed by atoms with Crippen LogP contribution in [-0.2, 0) is 19.6 Å². The van der Waals surface area contributed by atoms with Gasteiger partial charge in [0.05, 0.1) is 4.90 Å². The van der Waals surface area contributed by atoms with E-state index in [0.29, 0.717) is 0 Å². The van der Waals surface area contributed by atoms with Crippen molar-refractivity contribution in [3.8, 4) is 5.75 Å². The standard InChI is InChI=1S/C12H16N2O6S/c1-13-11(15)6-7-14-21(18,19)10-4-2-9(3-5-10)20-8-12(16)17/h2-5,14H,6-8H2,1H3,(H,13,15)(H,16,17). The molecule has 8 nitrogen and oxygen atoms in total. The number of rotatable bonds is 8. The van der Waals surface area contributed by atoms with E-state index in [1.165, 1.54) is 31.3 Å². The molecule has 1 aromatic rings. The van der Waals surface area contributed by atoms with Crippen LogP contribution in [0.1, 0.15) is 6.42 Å². The van der Waals surface area contributed by atoms with Gasteiger partial charge in [0.15, 0.2) is 6.61 Å². The van der Waals surface area contributed by atoms with Gasteiger partial charge in [-0.05, 0) is 24.3 Å². The molecule has 1 aromatic carbocycles. The van der Waals surface area contributed by atoms with Crippen LogP contribution < -0.4 is 14.8 Å². The van der Waals surface area contributed by atoms with Crippen LogP contribution in [0, 0.1) is 0 Å². The third-order valence-corrected chi connectivity index (χ3v) is 3.90. The second-order valence-corrected chi connectivity index (χ2v) is 5.74. The Balaban J connectivity index is 2.62. The third kappa shape index (κ3) is 5.79. The summed E-state index contributed by atoms with van der Waals surface area (Å²) in [5.74, 6) is -1.14. The summed E-state index contributed by atoms with van der Waals surface area (Å²) in [6.45, 7) is -0.518. The molecule has 0 saturated carbocycles. The predicted octanol–water partition coefficient (Wildman–Crippen LogP) is -0.436. The van der Waals surface area contributed by atoms with Crippen molar-refractivity contribution in [2.75, 3.05) is 20.2 Å². The van der Waals surface area contributed by atoms with E-state index in [1.807, 2.05) is 0 Å². The number of benzene rings is 1. The summed E-state index contributed by atoms with van der Waals surface area (Å²) < 4.78 is 31.0. The highest BCUT2D eigenvalue weighted by Gasteiger charge is 2.14. The molecule has 0 aliphatic rings. The minimum Gasteiger partial charge on any atom is -0.482 e. The highest BCUT2D eigenvalue weighted by molar-refractivity contribution is 7.89. The van der Waals surface area contributed by atoms with E-state index >= 15 is 0 Å². The lowest BCUT2D eigenvalue weighted by Gasteiger charge is -2.07. The maximum Gasteiger partial charge on any atom is 0.341 e. The first-order chi connectivity index (χ1) is 9.85. The summed E-state index contributed by atoms with van der Waals surface area (Å²) >= 11 is 0. The van der Waals surface area contributed by atoms with Crippen LogP contribution in [0.15, 0.2) is 29.2 Å². The van der Waals surface area contributed by atoms with Crippen LogP contribution >= 0.6 is 0 Å². The monoisotopic (exact) mass is 316 g/mol. The summed E-state index contributed by atoms with van der Waals surface area (Å²) in [4.78, 5) is 21.3. The average molecular weight is 316 g/mol. The zero-order chi connectivity index (χ0) is 15.9. The van der Waals surface area contributed by atoms with Gasteiger partial charge in [-0.3, -0.25) is 4.79 Å². The number of carboxylic acids is 1. The molecule has 0 aliphatic heterocycles.